The quantitative estimate of drug-likeness (QED) is 0.367. The lowest BCUT2D eigenvalue weighted by Crippen LogP contribution is -2.12. The van der Waals surface area contributed by atoms with Crippen LogP contribution in [0.5, 0.6) is 0 Å². The van der Waals surface area contributed by atoms with Crippen molar-refractivity contribution in [2.45, 2.75) is 79.1 Å². The molecule has 4 nitrogen and oxygen atoms in total. The molecule has 0 aromatic carbocycles. The van der Waals surface area contributed by atoms with Gasteiger partial charge in [0.25, 0.3) is 0 Å². The number of aliphatic carboxylic acids is 2. The molecule has 0 radical (unpaired) electrons. The van der Waals surface area contributed by atoms with Crippen LogP contribution in [0.25, 0.3) is 0 Å². The smallest absolute Gasteiger partial charge is 0.414 e. The highest BCUT2D eigenvalue weighted by atomic mass is 31.2. The van der Waals surface area contributed by atoms with E-state index < -0.39 is 19.2 Å². The Hall–Kier alpha value is -0.630. The monoisotopic (exact) mass is 349 g/mol. The Morgan fingerprint density at radius 2 is 0.826 bits per heavy atom. The summed E-state index contributed by atoms with van der Waals surface area (Å²) in [4.78, 5) is 18.2. The van der Waals surface area contributed by atoms with Crippen molar-refractivity contribution in [3.05, 3.63) is 0 Å². The molecule has 0 atom stereocenters. The topological polar surface area (TPSA) is 74.6 Å². The maximum atomic E-state index is 9.10. The van der Waals surface area contributed by atoms with E-state index in [1.807, 2.05) is 0 Å². The minimum Gasteiger partial charge on any atom is -0.473 e. The van der Waals surface area contributed by atoms with Crippen LogP contribution in [0.3, 0.4) is 0 Å². The number of hydrogen-bond donors (Lipinski definition) is 2. The van der Waals surface area contributed by atoms with E-state index in [2.05, 4.69) is 27.7 Å². The van der Waals surface area contributed by atoms with Crippen molar-refractivity contribution in [3.8, 4) is 0 Å². The van der Waals surface area contributed by atoms with Crippen LogP contribution in [0, 0.1) is 0 Å². The van der Waals surface area contributed by atoms with Gasteiger partial charge in [-0.1, -0.05) is 53.4 Å². The second kappa shape index (κ2) is 16.2. The molecule has 0 saturated heterocycles. The first-order valence-electron chi connectivity index (χ1n) is 9.20. The molecule has 0 aromatic heterocycles. The van der Waals surface area contributed by atoms with Crippen LogP contribution in [0.15, 0.2) is 0 Å². The normalized spacial score (nSPS) is 10.8. The lowest BCUT2D eigenvalue weighted by Gasteiger charge is -2.28. The van der Waals surface area contributed by atoms with Crippen LogP contribution in [0.1, 0.15) is 79.1 Å². The third-order valence-electron chi connectivity index (χ3n) is 4.13. The minimum absolute atomic E-state index is 0.562. The van der Waals surface area contributed by atoms with Crippen molar-refractivity contribution in [3.63, 3.8) is 0 Å². The zero-order valence-electron chi connectivity index (χ0n) is 15.6. The van der Waals surface area contributed by atoms with Crippen LogP contribution >= 0.6 is 7.26 Å². The fourth-order valence-corrected chi connectivity index (χ4v) is 7.93. The van der Waals surface area contributed by atoms with Crippen LogP contribution in [0.4, 0.5) is 0 Å². The summed E-state index contributed by atoms with van der Waals surface area (Å²) in [7, 11) is -0.562. The molecule has 0 bridgehead atoms. The van der Waals surface area contributed by atoms with Crippen molar-refractivity contribution in [2.24, 2.45) is 0 Å². The van der Waals surface area contributed by atoms with E-state index in [1.165, 1.54) is 51.4 Å². The molecule has 138 valence electrons. The Morgan fingerprint density at radius 1 is 0.609 bits per heavy atom. The van der Waals surface area contributed by atoms with Gasteiger partial charge < -0.3 is 10.2 Å². The van der Waals surface area contributed by atoms with Gasteiger partial charge in [0.05, 0.1) is 24.6 Å². The van der Waals surface area contributed by atoms with Crippen LogP contribution in [-0.2, 0) is 9.59 Å². The molecule has 0 aliphatic heterocycles. The highest BCUT2D eigenvalue weighted by Crippen LogP contribution is 2.61. The first-order chi connectivity index (χ1) is 10.9. The average Bonchev–Trinajstić information content (AvgIpc) is 2.54. The van der Waals surface area contributed by atoms with Crippen molar-refractivity contribution >= 4 is 19.2 Å². The van der Waals surface area contributed by atoms with Gasteiger partial charge in [-0.2, -0.15) is 0 Å². The molecule has 0 aromatic rings. The SMILES string of the molecule is CCCC[P+](CCCC)(CCCC)CCCC.O=C(O)C(=O)O. The minimum atomic E-state index is -1.82. The maximum Gasteiger partial charge on any atom is 0.414 e. The molecule has 0 spiro atoms. The second-order valence-corrected chi connectivity index (χ2v) is 10.7. The van der Waals surface area contributed by atoms with Crippen molar-refractivity contribution in [2.75, 3.05) is 24.6 Å². The van der Waals surface area contributed by atoms with Crippen LogP contribution in [0.2, 0.25) is 0 Å². The maximum absolute atomic E-state index is 9.10. The van der Waals surface area contributed by atoms with Gasteiger partial charge in [-0.25, -0.2) is 9.59 Å². The van der Waals surface area contributed by atoms with Gasteiger partial charge in [0, 0.05) is 7.26 Å². The molecule has 5 heteroatoms. The Balaban J connectivity index is 0. The Kier molecular flexibility index (Phi) is 17.4. The predicted octanol–water partition coefficient (Wildman–Crippen LogP) is 5.36. The van der Waals surface area contributed by atoms with Gasteiger partial charge in [0.15, 0.2) is 0 Å². The van der Waals surface area contributed by atoms with Crippen molar-refractivity contribution in [1.29, 1.82) is 0 Å². The fourth-order valence-electron chi connectivity index (χ4n) is 2.64. The molecule has 0 fully saturated rings. The fraction of sp³-hybridized carbons (Fsp3) is 0.889. The first kappa shape index (κ1) is 24.6. The van der Waals surface area contributed by atoms with E-state index in [-0.39, 0.29) is 0 Å². The summed E-state index contributed by atoms with van der Waals surface area (Å²) in [6.07, 6.45) is 17.9. The van der Waals surface area contributed by atoms with Gasteiger partial charge in [-0.3, -0.25) is 0 Å². The van der Waals surface area contributed by atoms with E-state index in [9.17, 15) is 0 Å². The molecular formula is C18H38O4P+. The lowest BCUT2D eigenvalue weighted by atomic mass is 10.4. The number of carboxylic acids is 2. The molecule has 0 aliphatic rings. The molecule has 0 aliphatic carbocycles. The zero-order chi connectivity index (χ0) is 18.1. The van der Waals surface area contributed by atoms with Crippen LogP contribution in [-0.4, -0.2) is 46.8 Å². The number of hydrogen-bond acceptors (Lipinski definition) is 2. The summed E-state index contributed by atoms with van der Waals surface area (Å²) in [6.45, 7) is 9.42. The summed E-state index contributed by atoms with van der Waals surface area (Å²) in [5.74, 6) is -3.65. The first-order valence-corrected chi connectivity index (χ1v) is 11.7. The highest BCUT2D eigenvalue weighted by molar-refractivity contribution is 7.75. The summed E-state index contributed by atoms with van der Waals surface area (Å²) >= 11 is 0. The van der Waals surface area contributed by atoms with Crippen molar-refractivity contribution in [1.82, 2.24) is 0 Å². The molecular weight excluding hydrogens is 311 g/mol. The van der Waals surface area contributed by atoms with Crippen molar-refractivity contribution < 1.29 is 19.8 Å². The average molecular weight is 349 g/mol. The van der Waals surface area contributed by atoms with E-state index in [1.54, 1.807) is 24.6 Å². The van der Waals surface area contributed by atoms with Gasteiger partial charge in [-0.15, -0.1) is 0 Å². The largest absolute Gasteiger partial charge is 0.473 e. The molecule has 23 heavy (non-hydrogen) atoms. The Labute approximate surface area is 143 Å². The number of rotatable bonds is 12. The Bertz CT molecular complexity index is 256. The van der Waals surface area contributed by atoms with E-state index >= 15 is 0 Å². The third-order valence-corrected chi connectivity index (χ3v) is 9.19. The number of carboxylic acid groups (broad SMARTS) is 2. The predicted molar refractivity (Wildman–Crippen MR) is 101 cm³/mol. The summed E-state index contributed by atoms with van der Waals surface area (Å²) in [5, 5.41) is 14.8. The number of carbonyl (C=O) groups is 2. The molecule has 0 unspecified atom stereocenters. The summed E-state index contributed by atoms with van der Waals surface area (Å²) in [6, 6.07) is 0. The molecule has 0 amide bonds. The summed E-state index contributed by atoms with van der Waals surface area (Å²) in [5.41, 5.74) is 0. The highest BCUT2D eigenvalue weighted by Gasteiger charge is 2.34. The van der Waals surface area contributed by atoms with Gasteiger partial charge in [-0.05, 0) is 25.7 Å². The molecule has 0 saturated carbocycles. The van der Waals surface area contributed by atoms with E-state index in [0.717, 1.165) is 0 Å². The molecule has 0 rings (SSSR count). The van der Waals surface area contributed by atoms with Gasteiger partial charge in [0.2, 0.25) is 0 Å². The van der Waals surface area contributed by atoms with Crippen LogP contribution < -0.4 is 0 Å². The second-order valence-electron chi connectivity index (χ2n) is 6.26. The van der Waals surface area contributed by atoms with E-state index in [0.29, 0.717) is 0 Å². The van der Waals surface area contributed by atoms with Gasteiger partial charge >= 0.3 is 11.9 Å². The summed E-state index contributed by atoms with van der Waals surface area (Å²) < 4.78 is 0. The number of unbranched alkanes of at least 4 members (excludes halogenated alkanes) is 4. The van der Waals surface area contributed by atoms with E-state index in [4.69, 9.17) is 19.8 Å². The molecule has 0 heterocycles. The lowest BCUT2D eigenvalue weighted by molar-refractivity contribution is -0.159. The zero-order valence-corrected chi connectivity index (χ0v) is 16.5. The van der Waals surface area contributed by atoms with Gasteiger partial charge in [0.1, 0.15) is 0 Å². The molecule has 2 N–H and O–H groups in total. The third kappa shape index (κ3) is 14.7. The standard InChI is InChI=1S/C16H36P.C2H2O4/c1-5-9-13-17(14-10-6-2,15-11-7-3)16-12-8-4;3-1(4)2(5)6/h5-16H2,1-4H3;(H,3,4)(H,5,6)/q+1;. The Morgan fingerprint density at radius 3 is 0.957 bits per heavy atom.